The molecule has 0 saturated carbocycles. The first-order valence-electron chi connectivity index (χ1n) is 5.99. The molecule has 0 aliphatic carbocycles. The van der Waals surface area contributed by atoms with Crippen LogP contribution in [0.2, 0.25) is 0 Å². The number of hydrogen-bond acceptors (Lipinski definition) is 4. The van der Waals surface area contributed by atoms with E-state index in [0.29, 0.717) is 11.3 Å². The van der Waals surface area contributed by atoms with Crippen LogP contribution in [0.3, 0.4) is 0 Å². The summed E-state index contributed by atoms with van der Waals surface area (Å²) >= 11 is 0. The summed E-state index contributed by atoms with van der Waals surface area (Å²) in [5.41, 5.74) is 0.291. The quantitative estimate of drug-likeness (QED) is 0.766. The Hall–Kier alpha value is -1.89. The molecule has 1 unspecified atom stereocenters. The van der Waals surface area contributed by atoms with E-state index in [2.05, 4.69) is 11.1 Å². The lowest BCUT2D eigenvalue weighted by molar-refractivity contribution is 0.0334. The van der Waals surface area contributed by atoms with Gasteiger partial charge in [-0.2, -0.15) is 5.26 Å². The first-order chi connectivity index (χ1) is 8.40. The molecule has 0 saturated heterocycles. The SMILES string of the molecule is CCC(C)OC(=O)c1ccnc(C(C)(C)C#N)c1. The van der Waals surface area contributed by atoms with Gasteiger partial charge in [0.05, 0.1) is 28.8 Å². The molecule has 0 aliphatic rings. The number of esters is 1. The maximum absolute atomic E-state index is 11.8. The highest BCUT2D eigenvalue weighted by Crippen LogP contribution is 2.21. The van der Waals surface area contributed by atoms with Crippen molar-refractivity contribution in [3.8, 4) is 6.07 Å². The van der Waals surface area contributed by atoms with Crippen molar-refractivity contribution in [3.63, 3.8) is 0 Å². The van der Waals surface area contributed by atoms with Gasteiger partial charge in [0.25, 0.3) is 0 Å². The maximum Gasteiger partial charge on any atom is 0.338 e. The van der Waals surface area contributed by atoms with E-state index in [9.17, 15) is 4.79 Å². The van der Waals surface area contributed by atoms with Crippen LogP contribution in [0.25, 0.3) is 0 Å². The Morgan fingerprint density at radius 2 is 2.28 bits per heavy atom. The zero-order valence-electron chi connectivity index (χ0n) is 11.2. The highest BCUT2D eigenvalue weighted by atomic mass is 16.5. The summed E-state index contributed by atoms with van der Waals surface area (Å²) in [6.07, 6.45) is 2.19. The summed E-state index contributed by atoms with van der Waals surface area (Å²) in [4.78, 5) is 16.0. The maximum atomic E-state index is 11.8. The van der Waals surface area contributed by atoms with Crippen molar-refractivity contribution in [1.82, 2.24) is 4.98 Å². The standard InChI is InChI=1S/C14H18N2O2/c1-5-10(2)18-13(17)11-6-7-16-12(8-11)14(3,4)9-15/h6-8,10H,5H2,1-4H3. The average molecular weight is 246 g/mol. The topological polar surface area (TPSA) is 63.0 Å². The Labute approximate surface area is 108 Å². The molecule has 0 fully saturated rings. The molecule has 0 bridgehead atoms. The third kappa shape index (κ3) is 3.30. The van der Waals surface area contributed by atoms with Crippen LogP contribution in [0.15, 0.2) is 18.3 Å². The summed E-state index contributed by atoms with van der Waals surface area (Å²) in [5, 5.41) is 9.05. The van der Waals surface area contributed by atoms with Crippen LogP contribution in [0.4, 0.5) is 0 Å². The van der Waals surface area contributed by atoms with Crippen molar-refractivity contribution >= 4 is 5.97 Å². The number of rotatable bonds is 4. The van der Waals surface area contributed by atoms with Gasteiger partial charge >= 0.3 is 5.97 Å². The van der Waals surface area contributed by atoms with Crippen molar-refractivity contribution in [3.05, 3.63) is 29.6 Å². The summed E-state index contributed by atoms with van der Waals surface area (Å²) in [6.45, 7) is 7.33. The van der Waals surface area contributed by atoms with E-state index in [4.69, 9.17) is 10.00 Å². The molecule has 0 aromatic carbocycles. The third-order valence-electron chi connectivity index (χ3n) is 2.80. The number of nitrogens with zero attached hydrogens (tertiary/aromatic N) is 2. The van der Waals surface area contributed by atoms with Gasteiger partial charge in [-0.1, -0.05) is 6.92 Å². The Morgan fingerprint density at radius 1 is 1.61 bits per heavy atom. The van der Waals surface area contributed by atoms with Crippen LogP contribution in [-0.2, 0) is 10.2 Å². The normalized spacial score (nSPS) is 12.6. The van der Waals surface area contributed by atoms with Gasteiger partial charge in [0.15, 0.2) is 0 Å². The molecule has 4 nitrogen and oxygen atoms in total. The van der Waals surface area contributed by atoms with Gasteiger partial charge in [0.2, 0.25) is 0 Å². The second-order valence-corrected chi connectivity index (χ2v) is 4.79. The van der Waals surface area contributed by atoms with Crippen LogP contribution in [0.5, 0.6) is 0 Å². The van der Waals surface area contributed by atoms with E-state index >= 15 is 0 Å². The van der Waals surface area contributed by atoms with E-state index in [-0.39, 0.29) is 12.1 Å². The fourth-order valence-corrected chi connectivity index (χ4v) is 1.29. The Kier molecular flexibility index (Phi) is 4.43. The molecule has 0 N–H and O–H groups in total. The highest BCUT2D eigenvalue weighted by molar-refractivity contribution is 5.89. The lowest BCUT2D eigenvalue weighted by Crippen LogP contribution is -2.18. The number of pyridine rings is 1. The van der Waals surface area contributed by atoms with Gasteiger partial charge in [0.1, 0.15) is 0 Å². The summed E-state index contributed by atoms with van der Waals surface area (Å²) in [6, 6.07) is 5.38. The van der Waals surface area contributed by atoms with Gasteiger partial charge in [-0.05, 0) is 39.3 Å². The number of aromatic nitrogens is 1. The van der Waals surface area contributed by atoms with Crippen LogP contribution >= 0.6 is 0 Å². The van der Waals surface area contributed by atoms with Gasteiger partial charge in [0, 0.05) is 6.20 Å². The molecule has 1 atom stereocenters. The predicted octanol–water partition coefficient (Wildman–Crippen LogP) is 2.84. The van der Waals surface area contributed by atoms with E-state index in [0.717, 1.165) is 6.42 Å². The number of hydrogen-bond donors (Lipinski definition) is 0. The van der Waals surface area contributed by atoms with E-state index in [1.807, 2.05) is 13.8 Å². The summed E-state index contributed by atoms with van der Waals surface area (Å²) in [7, 11) is 0. The second-order valence-electron chi connectivity index (χ2n) is 4.79. The molecule has 96 valence electrons. The number of ether oxygens (including phenoxy) is 1. The highest BCUT2D eigenvalue weighted by Gasteiger charge is 2.23. The third-order valence-corrected chi connectivity index (χ3v) is 2.80. The van der Waals surface area contributed by atoms with Gasteiger partial charge < -0.3 is 4.74 Å². The Bertz CT molecular complexity index is 475. The molecule has 1 aromatic rings. The van der Waals surface area contributed by atoms with Gasteiger partial charge in [-0.15, -0.1) is 0 Å². The average Bonchev–Trinajstić information content (AvgIpc) is 2.38. The zero-order chi connectivity index (χ0) is 13.8. The van der Waals surface area contributed by atoms with Crippen molar-refractivity contribution in [2.45, 2.75) is 45.6 Å². The fourth-order valence-electron chi connectivity index (χ4n) is 1.29. The molecule has 1 aromatic heterocycles. The fraction of sp³-hybridized carbons (Fsp3) is 0.500. The lowest BCUT2D eigenvalue weighted by Gasteiger charge is -2.16. The molecule has 0 radical (unpaired) electrons. The smallest absolute Gasteiger partial charge is 0.338 e. The van der Waals surface area contributed by atoms with E-state index in [1.54, 1.807) is 26.0 Å². The number of carbonyl (C=O) groups excluding carboxylic acids is 1. The van der Waals surface area contributed by atoms with Crippen LogP contribution in [0, 0.1) is 11.3 Å². The first kappa shape index (κ1) is 14.2. The molecule has 0 aliphatic heterocycles. The number of nitriles is 1. The molecule has 1 rings (SSSR count). The first-order valence-corrected chi connectivity index (χ1v) is 5.99. The zero-order valence-corrected chi connectivity index (χ0v) is 11.2. The molecule has 0 spiro atoms. The van der Waals surface area contributed by atoms with Crippen molar-refractivity contribution < 1.29 is 9.53 Å². The Balaban J connectivity index is 2.96. The molecular weight excluding hydrogens is 228 g/mol. The van der Waals surface area contributed by atoms with Crippen LogP contribution < -0.4 is 0 Å². The van der Waals surface area contributed by atoms with Gasteiger partial charge in [-0.3, -0.25) is 4.98 Å². The molecule has 1 heterocycles. The minimum atomic E-state index is -0.716. The summed E-state index contributed by atoms with van der Waals surface area (Å²) in [5.74, 6) is -0.373. The van der Waals surface area contributed by atoms with Crippen LogP contribution in [-0.4, -0.2) is 17.1 Å². The molecule has 4 heteroatoms. The largest absolute Gasteiger partial charge is 0.459 e. The van der Waals surface area contributed by atoms with Crippen molar-refractivity contribution in [2.75, 3.05) is 0 Å². The molecular formula is C14H18N2O2. The summed E-state index contributed by atoms with van der Waals surface area (Å²) < 4.78 is 5.24. The lowest BCUT2D eigenvalue weighted by atomic mass is 9.90. The minimum Gasteiger partial charge on any atom is -0.459 e. The monoisotopic (exact) mass is 246 g/mol. The minimum absolute atomic E-state index is 0.113. The Morgan fingerprint density at radius 3 is 2.83 bits per heavy atom. The molecule has 0 amide bonds. The van der Waals surface area contributed by atoms with E-state index < -0.39 is 5.41 Å². The predicted molar refractivity (Wildman–Crippen MR) is 68.0 cm³/mol. The van der Waals surface area contributed by atoms with Crippen molar-refractivity contribution in [2.24, 2.45) is 0 Å². The van der Waals surface area contributed by atoms with Crippen LogP contribution in [0.1, 0.15) is 50.2 Å². The second kappa shape index (κ2) is 5.63. The van der Waals surface area contributed by atoms with E-state index in [1.165, 1.54) is 6.20 Å². The number of carbonyl (C=O) groups is 1. The van der Waals surface area contributed by atoms with Crippen molar-refractivity contribution in [1.29, 1.82) is 5.26 Å². The van der Waals surface area contributed by atoms with Gasteiger partial charge in [-0.25, -0.2) is 4.79 Å². The molecule has 18 heavy (non-hydrogen) atoms.